The minimum absolute atomic E-state index is 0.104. The van der Waals surface area contributed by atoms with Crippen LogP contribution in [0.2, 0.25) is 0 Å². The Kier molecular flexibility index (Phi) is 8.90. The number of ether oxygens (including phenoxy) is 3. The Morgan fingerprint density at radius 1 is 1.13 bits per heavy atom. The van der Waals surface area contributed by atoms with Crippen molar-refractivity contribution in [2.45, 2.75) is 32.0 Å². The number of carboxylic acids is 1. The molecule has 0 unspecified atom stereocenters. The maximum atomic E-state index is 12.6. The molecule has 3 N–H and O–H groups in total. The molecule has 0 aromatic heterocycles. The molecule has 0 aliphatic carbocycles. The van der Waals surface area contributed by atoms with E-state index in [9.17, 15) is 14.7 Å². The molecular weight excluding hydrogens is 402 g/mol. The van der Waals surface area contributed by atoms with Crippen molar-refractivity contribution in [3.05, 3.63) is 65.7 Å². The van der Waals surface area contributed by atoms with Gasteiger partial charge in [0, 0.05) is 18.9 Å². The Morgan fingerprint density at radius 2 is 1.84 bits per heavy atom. The first-order chi connectivity index (χ1) is 14.8. The molecule has 1 amide bonds. The Bertz CT molecular complexity index is 909. The fraction of sp³-hybridized carbons (Fsp3) is 0.304. The summed E-state index contributed by atoms with van der Waals surface area (Å²) in [6, 6.07) is 11.9. The molecule has 31 heavy (non-hydrogen) atoms. The normalized spacial score (nSPS) is 12.9. The minimum atomic E-state index is -1.04. The number of carbonyl (C=O) groups excluding carboxylic acids is 1. The van der Waals surface area contributed by atoms with E-state index in [-0.39, 0.29) is 11.5 Å². The number of rotatable bonds is 10. The van der Waals surface area contributed by atoms with Crippen LogP contribution in [-0.4, -0.2) is 42.6 Å². The van der Waals surface area contributed by atoms with Crippen LogP contribution >= 0.6 is 0 Å². The minimum Gasteiger partial charge on any atom is -0.504 e. The van der Waals surface area contributed by atoms with Crippen LogP contribution in [0.15, 0.2) is 54.6 Å². The molecule has 0 heterocycles. The molecule has 2 aromatic carbocycles. The lowest BCUT2D eigenvalue weighted by Crippen LogP contribution is -2.28. The van der Waals surface area contributed by atoms with Crippen LogP contribution in [0.4, 0.5) is 10.5 Å². The van der Waals surface area contributed by atoms with Gasteiger partial charge < -0.3 is 24.4 Å². The Morgan fingerprint density at radius 3 is 2.42 bits per heavy atom. The molecular formula is C23H27NO7. The standard InChI is InChI=1S/C23H27NO7/c1-15-8-11-17(12-9-15)24-23(28)31-22(16-10-13-19(29-2)18(25)14-16)20(30-3)6-4-5-7-21(26)27/h5,7-14,20,22,25H,4,6H2,1-3H3,(H,24,28)(H,26,27)/b7-5+/t20-,22-/m1/s1. The molecule has 166 valence electrons. The largest absolute Gasteiger partial charge is 0.504 e. The highest BCUT2D eigenvalue weighted by atomic mass is 16.6. The first-order valence-corrected chi connectivity index (χ1v) is 9.67. The summed E-state index contributed by atoms with van der Waals surface area (Å²) in [6.45, 7) is 1.94. The van der Waals surface area contributed by atoms with Gasteiger partial charge in [0.15, 0.2) is 17.6 Å². The van der Waals surface area contributed by atoms with Gasteiger partial charge in [-0.25, -0.2) is 9.59 Å². The number of methoxy groups -OCH3 is 2. The zero-order chi connectivity index (χ0) is 22.8. The van der Waals surface area contributed by atoms with Crippen molar-refractivity contribution in [2.24, 2.45) is 0 Å². The van der Waals surface area contributed by atoms with Crippen molar-refractivity contribution in [2.75, 3.05) is 19.5 Å². The van der Waals surface area contributed by atoms with Crippen LogP contribution in [0.5, 0.6) is 11.5 Å². The zero-order valence-electron chi connectivity index (χ0n) is 17.7. The first-order valence-electron chi connectivity index (χ1n) is 9.67. The lowest BCUT2D eigenvalue weighted by Gasteiger charge is -2.26. The monoisotopic (exact) mass is 429 g/mol. The molecule has 2 aromatic rings. The third-order valence-corrected chi connectivity index (χ3v) is 4.58. The van der Waals surface area contributed by atoms with E-state index in [0.717, 1.165) is 11.6 Å². The van der Waals surface area contributed by atoms with Crippen molar-refractivity contribution in [1.82, 2.24) is 0 Å². The van der Waals surface area contributed by atoms with E-state index in [0.29, 0.717) is 24.1 Å². The summed E-state index contributed by atoms with van der Waals surface area (Å²) in [4.78, 5) is 23.2. The van der Waals surface area contributed by atoms with Gasteiger partial charge in [0.2, 0.25) is 0 Å². The molecule has 0 saturated heterocycles. The molecule has 0 aliphatic heterocycles. The number of amides is 1. The second kappa shape index (κ2) is 11.6. The van der Waals surface area contributed by atoms with Crippen molar-refractivity contribution in [3.8, 4) is 11.5 Å². The molecule has 8 nitrogen and oxygen atoms in total. The Labute approximate surface area is 181 Å². The van der Waals surface area contributed by atoms with E-state index < -0.39 is 24.3 Å². The molecule has 0 bridgehead atoms. The van der Waals surface area contributed by atoms with Crippen LogP contribution < -0.4 is 10.1 Å². The lowest BCUT2D eigenvalue weighted by atomic mass is 9.99. The number of aliphatic carboxylic acids is 1. The molecule has 2 rings (SSSR count). The molecule has 0 aliphatic rings. The summed E-state index contributed by atoms with van der Waals surface area (Å²) in [5, 5.41) is 21.6. The van der Waals surface area contributed by atoms with Gasteiger partial charge in [-0.15, -0.1) is 0 Å². The average Bonchev–Trinajstić information content (AvgIpc) is 2.74. The zero-order valence-corrected chi connectivity index (χ0v) is 17.7. The third-order valence-electron chi connectivity index (χ3n) is 4.58. The molecule has 0 spiro atoms. The maximum Gasteiger partial charge on any atom is 0.412 e. The number of hydrogen-bond donors (Lipinski definition) is 3. The van der Waals surface area contributed by atoms with Crippen LogP contribution in [0.1, 0.15) is 30.1 Å². The number of allylic oxidation sites excluding steroid dienone is 1. The highest BCUT2D eigenvalue weighted by Gasteiger charge is 2.28. The third kappa shape index (κ3) is 7.35. The predicted molar refractivity (Wildman–Crippen MR) is 115 cm³/mol. The number of phenolic OH excluding ortho intramolecular Hbond substituents is 1. The van der Waals surface area contributed by atoms with Gasteiger partial charge in [0.25, 0.3) is 0 Å². The quantitative estimate of drug-likeness (QED) is 0.479. The van der Waals surface area contributed by atoms with Crippen molar-refractivity contribution in [3.63, 3.8) is 0 Å². The maximum absolute atomic E-state index is 12.6. The predicted octanol–water partition coefficient (Wildman–Crippen LogP) is 4.44. The summed E-state index contributed by atoms with van der Waals surface area (Å²) < 4.78 is 16.3. The van der Waals surface area contributed by atoms with Crippen molar-refractivity contribution < 1.29 is 34.0 Å². The number of phenols is 1. The van der Waals surface area contributed by atoms with E-state index in [2.05, 4.69) is 5.32 Å². The highest BCUT2D eigenvalue weighted by Crippen LogP contribution is 2.33. The van der Waals surface area contributed by atoms with Crippen molar-refractivity contribution in [1.29, 1.82) is 0 Å². The van der Waals surface area contributed by atoms with E-state index in [4.69, 9.17) is 19.3 Å². The number of carboxylic acid groups (broad SMARTS) is 1. The summed E-state index contributed by atoms with van der Waals surface area (Å²) in [7, 11) is 2.91. The molecule has 0 saturated carbocycles. The second-order valence-corrected chi connectivity index (χ2v) is 6.84. The van der Waals surface area contributed by atoms with Crippen molar-refractivity contribution >= 4 is 17.7 Å². The van der Waals surface area contributed by atoms with Crippen LogP contribution in [0.25, 0.3) is 0 Å². The fourth-order valence-corrected chi connectivity index (χ4v) is 2.98. The number of aromatic hydroxyl groups is 1. The van der Waals surface area contributed by atoms with Gasteiger partial charge in [-0.05, 0) is 49.6 Å². The van der Waals surface area contributed by atoms with E-state index in [1.807, 2.05) is 19.1 Å². The van der Waals surface area contributed by atoms with Gasteiger partial charge in [0.05, 0.1) is 13.2 Å². The number of anilines is 1. The van der Waals surface area contributed by atoms with Crippen LogP contribution in [0, 0.1) is 6.92 Å². The van der Waals surface area contributed by atoms with Gasteiger partial charge >= 0.3 is 12.1 Å². The van der Waals surface area contributed by atoms with Gasteiger partial charge in [-0.2, -0.15) is 0 Å². The first kappa shape index (κ1) is 23.8. The number of nitrogens with one attached hydrogen (secondary N) is 1. The SMILES string of the molecule is COc1ccc([C@@H](OC(=O)Nc2ccc(C)cc2)[C@@H](CC/C=C/C(=O)O)OC)cc1O. The lowest BCUT2D eigenvalue weighted by molar-refractivity contribution is -0.131. The Hall–Kier alpha value is -3.52. The van der Waals surface area contributed by atoms with Gasteiger partial charge in [-0.3, -0.25) is 5.32 Å². The number of aryl methyl sites for hydroxylation is 1. The summed E-state index contributed by atoms with van der Waals surface area (Å²) in [6.07, 6.45) is 1.20. The second-order valence-electron chi connectivity index (χ2n) is 6.84. The number of carbonyl (C=O) groups is 2. The van der Waals surface area contributed by atoms with E-state index >= 15 is 0 Å². The summed E-state index contributed by atoms with van der Waals surface area (Å²) >= 11 is 0. The topological polar surface area (TPSA) is 114 Å². The smallest absolute Gasteiger partial charge is 0.412 e. The van der Waals surface area contributed by atoms with E-state index in [1.54, 1.807) is 24.3 Å². The fourth-order valence-electron chi connectivity index (χ4n) is 2.98. The highest BCUT2D eigenvalue weighted by molar-refractivity contribution is 5.84. The van der Waals surface area contributed by atoms with E-state index in [1.165, 1.54) is 26.4 Å². The summed E-state index contributed by atoms with van der Waals surface area (Å²) in [5.74, 6) is -0.863. The van der Waals surface area contributed by atoms with Crippen LogP contribution in [-0.2, 0) is 14.3 Å². The Balaban J connectivity index is 2.22. The number of hydrogen-bond acceptors (Lipinski definition) is 6. The molecule has 0 fully saturated rings. The van der Waals surface area contributed by atoms with Crippen LogP contribution in [0.3, 0.4) is 0 Å². The van der Waals surface area contributed by atoms with Gasteiger partial charge in [0.1, 0.15) is 0 Å². The molecule has 2 atom stereocenters. The van der Waals surface area contributed by atoms with Gasteiger partial charge in [-0.1, -0.05) is 29.8 Å². The molecule has 8 heteroatoms. The average molecular weight is 429 g/mol. The summed E-state index contributed by atoms with van der Waals surface area (Å²) in [5.41, 5.74) is 2.14. The number of benzene rings is 2. The molecule has 0 radical (unpaired) electrons.